The highest BCUT2D eigenvalue weighted by Gasteiger charge is 2.29. The fraction of sp³-hybridized carbons (Fsp3) is 0.455. The number of nitrogens with one attached hydrogen (secondary N) is 1. The molecule has 0 saturated carbocycles. The number of carbonyl (C=O) groups excluding carboxylic acids is 1. The molecule has 92 valence electrons. The van der Waals surface area contributed by atoms with E-state index in [1.54, 1.807) is 0 Å². The van der Waals surface area contributed by atoms with Crippen LogP contribution in [0.1, 0.15) is 23.2 Å². The fourth-order valence-electron chi connectivity index (χ4n) is 2.11. The van der Waals surface area contributed by atoms with E-state index in [1.165, 1.54) is 11.0 Å². The predicted octanol–water partition coefficient (Wildman–Crippen LogP) is -0.323. The van der Waals surface area contributed by atoms with Crippen LogP contribution in [0.15, 0.2) is 16.9 Å². The Morgan fingerprint density at radius 3 is 2.94 bits per heavy atom. The van der Waals surface area contributed by atoms with Gasteiger partial charge >= 0.3 is 0 Å². The third kappa shape index (κ3) is 2.31. The van der Waals surface area contributed by atoms with Crippen LogP contribution < -0.4 is 5.56 Å². The van der Waals surface area contributed by atoms with Crippen molar-refractivity contribution >= 4 is 5.91 Å². The number of aliphatic hydroxyl groups is 1. The molecule has 3 N–H and O–H groups in total. The van der Waals surface area contributed by atoms with Gasteiger partial charge in [-0.05, 0) is 12.8 Å². The molecule has 2 rings (SSSR count). The molecule has 2 heterocycles. The van der Waals surface area contributed by atoms with Gasteiger partial charge < -0.3 is 15.1 Å². The highest BCUT2D eigenvalue weighted by Crippen LogP contribution is 2.19. The number of H-pyrrole nitrogens is 1. The van der Waals surface area contributed by atoms with Crippen molar-refractivity contribution in [1.82, 2.24) is 9.88 Å². The van der Waals surface area contributed by atoms with Crippen molar-refractivity contribution in [2.45, 2.75) is 18.9 Å². The highest BCUT2D eigenvalue weighted by molar-refractivity contribution is 5.94. The number of hydrogen-bond donors (Lipinski definition) is 3. The number of amides is 1. The molecule has 1 amide bonds. The number of carbonyl (C=O) groups is 1. The zero-order valence-electron chi connectivity index (χ0n) is 9.22. The minimum Gasteiger partial charge on any atom is -0.494 e. The van der Waals surface area contributed by atoms with E-state index < -0.39 is 5.56 Å². The molecular weight excluding hydrogens is 224 g/mol. The maximum absolute atomic E-state index is 12.1. The molecule has 1 unspecified atom stereocenters. The number of rotatable bonds is 2. The number of hydrogen-bond acceptors (Lipinski definition) is 4. The average Bonchev–Trinajstić information content (AvgIpc) is 2.74. The van der Waals surface area contributed by atoms with Gasteiger partial charge in [-0.3, -0.25) is 14.6 Å². The molecule has 1 saturated heterocycles. The molecule has 1 aliphatic rings. The van der Waals surface area contributed by atoms with E-state index >= 15 is 0 Å². The normalized spacial score (nSPS) is 19.6. The molecule has 1 aromatic rings. The first kappa shape index (κ1) is 11.7. The Kier molecular flexibility index (Phi) is 3.14. The molecule has 6 nitrogen and oxygen atoms in total. The second kappa shape index (κ2) is 4.58. The van der Waals surface area contributed by atoms with Crippen LogP contribution >= 0.6 is 0 Å². The Morgan fingerprint density at radius 2 is 2.29 bits per heavy atom. The van der Waals surface area contributed by atoms with Crippen LogP contribution in [0, 0.1) is 0 Å². The van der Waals surface area contributed by atoms with Crippen molar-refractivity contribution < 1.29 is 15.0 Å². The van der Waals surface area contributed by atoms with Crippen molar-refractivity contribution in [2.24, 2.45) is 0 Å². The summed E-state index contributed by atoms with van der Waals surface area (Å²) in [6, 6.07) is 2.18. The fourth-order valence-corrected chi connectivity index (χ4v) is 2.11. The lowest BCUT2D eigenvalue weighted by Crippen LogP contribution is -2.38. The number of aromatic nitrogens is 1. The largest absolute Gasteiger partial charge is 0.494 e. The standard InChI is InChI=1S/C11H14N2O4/c14-6-8-2-1-3-13(8)11(17)7-4-9(15)12-10(16)5-7/h4-5,8,14H,1-3,6H2,(H2,12,15,16). The zero-order chi connectivity index (χ0) is 12.4. The predicted molar refractivity (Wildman–Crippen MR) is 59.9 cm³/mol. The summed E-state index contributed by atoms with van der Waals surface area (Å²) in [7, 11) is 0. The van der Waals surface area contributed by atoms with Crippen LogP contribution in [0.4, 0.5) is 0 Å². The molecule has 1 fully saturated rings. The lowest BCUT2D eigenvalue weighted by Gasteiger charge is -2.22. The lowest BCUT2D eigenvalue weighted by atomic mass is 10.2. The molecular formula is C11H14N2O4. The van der Waals surface area contributed by atoms with E-state index in [9.17, 15) is 14.7 Å². The SMILES string of the molecule is O=C(c1cc(O)[nH]c(=O)c1)N1CCCC1CO. The van der Waals surface area contributed by atoms with E-state index in [2.05, 4.69) is 4.98 Å². The Labute approximate surface area is 97.5 Å². The van der Waals surface area contributed by atoms with Gasteiger partial charge in [0.2, 0.25) is 0 Å². The molecule has 0 aromatic carbocycles. The maximum Gasteiger partial charge on any atom is 0.254 e. The summed E-state index contributed by atoms with van der Waals surface area (Å²) in [5.74, 6) is -0.663. The summed E-state index contributed by atoms with van der Waals surface area (Å²) in [4.78, 5) is 26.9. The molecule has 6 heteroatoms. The number of aromatic hydroxyl groups is 1. The van der Waals surface area contributed by atoms with E-state index in [1.807, 2.05) is 0 Å². The summed E-state index contributed by atoms with van der Waals surface area (Å²) >= 11 is 0. The first-order valence-corrected chi connectivity index (χ1v) is 5.47. The van der Waals surface area contributed by atoms with Gasteiger partial charge in [0.15, 0.2) is 5.88 Å². The summed E-state index contributed by atoms with van der Waals surface area (Å²) in [6.45, 7) is 0.485. The Bertz CT molecular complexity index is 483. The molecule has 1 atom stereocenters. The average molecular weight is 238 g/mol. The van der Waals surface area contributed by atoms with Gasteiger partial charge in [0.05, 0.1) is 18.2 Å². The molecule has 0 bridgehead atoms. The van der Waals surface area contributed by atoms with Crippen molar-refractivity contribution in [2.75, 3.05) is 13.2 Å². The van der Waals surface area contributed by atoms with Gasteiger partial charge in [0.1, 0.15) is 0 Å². The number of pyridine rings is 1. The molecule has 0 radical (unpaired) electrons. The van der Waals surface area contributed by atoms with E-state index in [-0.39, 0.29) is 30.0 Å². The number of aliphatic hydroxyl groups excluding tert-OH is 1. The zero-order valence-corrected chi connectivity index (χ0v) is 9.22. The van der Waals surface area contributed by atoms with E-state index in [0.717, 1.165) is 18.9 Å². The first-order chi connectivity index (χ1) is 8.11. The van der Waals surface area contributed by atoms with Crippen LogP contribution in [0.2, 0.25) is 0 Å². The van der Waals surface area contributed by atoms with Gasteiger partial charge in [0.25, 0.3) is 11.5 Å². The summed E-state index contributed by atoms with van der Waals surface area (Å²) in [5, 5.41) is 18.4. The quantitative estimate of drug-likeness (QED) is 0.658. The van der Waals surface area contributed by atoms with Gasteiger partial charge in [-0.25, -0.2) is 0 Å². The van der Waals surface area contributed by atoms with E-state index in [4.69, 9.17) is 5.11 Å². The third-order valence-corrected chi connectivity index (χ3v) is 2.93. The van der Waals surface area contributed by atoms with E-state index in [0.29, 0.717) is 6.54 Å². The maximum atomic E-state index is 12.1. The first-order valence-electron chi connectivity index (χ1n) is 5.47. The summed E-state index contributed by atoms with van der Waals surface area (Å²) < 4.78 is 0. The van der Waals surface area contributed by atoms with Crippen molar-refractivity contribution in [1.29, 1.82) is 0 Å². The highest BCUT2D eigenvalue weighted by atomic mass is 16.3. The lowest BCUT2D eigenvalue weighted by molar-refractivity contribution is 0.0677. The number of likely N-dealkylation sites (tertiary alicyclic amines) is 1. The van der Waals surface area contributed by atoms with Gasteiger partial charge in [-0.15, -0.1) is 0 Å². The number of aromatic amines is 1. The monoisotopic (exact) mass is 238 g/mol. The molecule has 17 heavy (non-hydrogen) atoms. The van der Waals surface area contributed by atoms with Gasteiger partial charge in [-0.1, -0.05) is 0 Å². The third-order valence-electron chi connectivity index (χ3n) is 2.93. The second-order valence-electron chi connectivity index (χ2n) is 4.10. The Morgan fingerprint density at radius 1 is 1.53 bits per heavy atom. The van der Waals surface area contributed by atoms with Gasteiger partial charge in [0, 0.05) is 18.7 Å². The van der Waals surface area contributed by atoms with Crippen LogP contribution in [-0.4, -0.2) is 45.2 Å². The smallest absolute Gasteiger partial charge is 0.254 e. The minimum atomic E-state index is -0.520. The van der Waals surface area contributed by atoms with Crippen LogP contribution in [0.25, 0.3) is 0 Å². The van der Waals surface area contributed by atoms with Gasteiger partial charge in [-0.2, -0.15) is 0 Å². The van der Waals surface area contributed by atoms with Crippen molar-refractivity contribution in [3.8, 4) is 5.88 Å². The summed E-state index contributed by atoms with van der Waals surface area (Å²) in [6.07, 6.45) is 1.60. The summed E-state index contributed by atoms with van der Waals surface area (Å²) in [5.41, 5.74) is -0.375. The Balaban J connectivity index is 2.27. The second-order valence-corrected chi connectivity index (χ2v) is 4.10. The van der Waals surface area contributed by atoms with Crippen LogP contribution in [-0.2, 0) is 0 Å². The Hall–Kier alpha value is -1.82. The number of nitrogens with zero attached hydrogens (tertiary/aromatic N) is 1. The molecule has 0 aliphatic carbocycles. The van der Waals surface area contributed by atoms with Crippen molar-refractivity contribution in [3.63, 3.8) is 0 Å². The van der Waals surface area contributed by atoms with Crippen molar-refractivity contribution in [3.05, 3.63) is 28.0 Å². The molecule has 1 aromatic heterocycles. The topological polar surface area (TPSA) is 93.6 Å². The molecule has 0 spiro atoms. The minimum absolute atomic E-state index is 0.0824. The van der Waals surface area contributed by atoms with Crippen LogP contribution in [0.3, 0.4) is 0 Å². The molecule has 1 aliphatic heterocycles. The van der Waals surface area contributed by atoms with Crippen LogP contribution in [0.5, 0.6) is 5.88 Å².